The number of nitro benzene ring substituents is 2. The quantitative estimate of drug-likeness (QED) is 0.0251. The summed E-state index contributed by atoms with van der Waals surface area (Å²) >= 11 is 0. The van der Waals surface area contributed by atoms with Gasteiger partial charge in [0.25, 0.3) is 11.4 Å². The van der Waals surface area contributed by atoms with Gasteiger partial charge in [0.15, 0.2) is 0 Å². The summed E-state index contributed by atoms with van der Waals surface area (Å²) in [5.74, 6) is -1.81. The number of anilines is 6. The van der Waals surface area contributed by atoms with Crippen molar-refractivity contribution >= 4 is 93.5 Å². The molecule has 552 valence electrons. The molecule has 8 unspecified atom stereocenters. The summed E-state index contributed by atoms with van der Waals surface area (Å²) < 4.78 is 39.8. The van der Waals surface area contributed by atoms with Crippen molar-refractivity contribution in [2.24, 2.45) is 0 Å². The molecule has 30 heteroatoms. The number of hydrogen-bond donors (Lipinski definition) is 8. The molecule has 8 amide bonds. The Bertz CT molecular complexity index is 3700. The summed E-state index contributed by atoms with van der Waals surface area (Å²) in [6.45, 7) is 22.6. The molecule has 0 spiro atoms. The monoisotopic (exact) mass is 1420 g/mol. The number of nitrogens with zero attached hydrogens (tertiary/aromatic N) is 6. The molecule has 6 aliphatic heterocycles. The molecule has 4 aromatic rings. The zero-order chi connectivity index (χ0) is 76.2. The lowest BCUT2D eigenvalue weighted by Gasteiger charge is -2.28. The number of benzene rings is 4. The van der Waals surface area contributed by atoms with Gasteiger partial charge in [-0.25, -0.2) is 19.2 Å². The van der Waals surface area contributed by atoms with Crippen molar-refractivity contribution in [3.05, 3.63) is 115 Å². The molecule has 0 saturated carbocycles. The minimum Gasteiger partial charge on any atom is -0.444 e. The fraction of sp³-hybridized carbons (Fsp3) is 0.556. The second kappa shape index (κ2) is 31.2. The highest BCUT2D eigenvalue weighted by molar-refractivity contribution is 6.01. The Morgan fingerprint density at radius 2 is 0.627 bits per heavy atom. The number of nitrogens with two attached hydrogens (primary N) is 2. The van der Waals surface area contributed by atoms with Crippen molar-refractivity contribution in [2.75, 3.05) is 58.9 Å². The van der Waals surface area contributed by atoms with Gasteiger partial charge >= 0.3 is 24.4 Å². The van der Waals surface area contributed by atoms with E-state index in [-0.39, 0.29) is 46.6 Å². The summed E-state index contributed by atoms with van der Waals surface area (Å²) in [5.41, 5.74) is 13.2. The van der Waals surface area contributed by atoms with Gasteiger partial charge in [-0.2, -0.15) is 0 Å². The molecule has 10 N–H and O–H groups in total. The summed E-state index contributed by atoms with van der Waals surface area (Å²) in [6, 6.07) is 14.6. The smallest absolute Gasteiger partial charge is 0.410 e. The van der Waals surface area contributed by atoms with E-state index in [1.807, 2.05) is 12.1 Å². The Morgan fingerprint density at radius 3 is 0.853 bits per heavy atom. The molecule has 6 aliphatic rings. The fourth-order valence-electron chi connectivity index (χ4n) is 13.4. The summed E-state index contributed by atoms with van der Waals surface area (Å²) in [4.78, 5) is 132. The van der Waals surface area contributed by atoms with Crippen LogP contribution in [0.2, 0.25) is 2.82 Å². The molecule has 6 fully saturated rings. The van der Waals surface area contributed by atoms with Crippen molar-refractivity contribution in [3.8, 4) is 0 Å². The van der Waals surface area contributed by atoms with E-state index in [0.29, 0.717) is 137 Å². The van der Waals surface area contributed by atoms with Crippen LogP contribution >= 0.6 is 0 Å². The van der Waals surface area contributed by atoms with E-state index in [1.165, 1.54) is 54.5 Å². The molecular weight excluding hydrogens is 1320 g/mol. The van der Waals surface area contributed by atoms with Gasteiger partial charge < -0.3 is 62.3 Å². The van der Waals surface area contributed by atoms with E-state index in [2.05, 4.69) is 21.3 Å². The number of hydrogen-bond acceptors (Lipinski definition) is 20. The third kappa shape index (κ3) is 19.4. The lowest BCUT2D eigenvalue weighted by atomic mass is 10.0. The number of nitrogen functional groups attached to an aromatic ring is 2. The van der Waals surface area contributed by atoms with Gasteiger partial charge in [-0.05, 0) is 219 Å². The van der Waals surface area contributed by atoms with Crippen molar-refractivity contribution in [1.29, 1.82) is 0 Å². The van der Waals surface area contributed by atoms with Crippen LogP contribution in [0.5, 0.6) is 0 Å². The van der Waals surface area contributed by atoms with Gasteiger partial charge in [0.2, 0.25) is 23.6 Å². The zero-order valence-corrected chi connectivity index (χ0v) is 60.1. The number of amides is 8. The number of nitro groups is 2. The average molecular weight is 1420 g/mol. The fourth-order valence-corrected chi connectivity index (χ4v) is 13.4. The largest absolute Gasteiger partial charge is 0.444 e. The molecule has 0 aliphatic carbocycles. The summed E-state index contributed by atoms with van der Waals surface area (Å²) in [7, 11) is 0. The molecule has 0 aromatic heterocycles. The van der Waals surface area contributed by atoms with Crippen LogP contribution in [0.3, 0.4) is 0 Å². The van der Waals surface area contributed by atoms with Gasteiger partial charge in [0.05, 0.1) is 32.6 Å². The number of carbonyl (C=O) groups is 8. The maximum Gasteiger partial charge on any atom is 0.410 e. The predicted molar refractivity (Wildman–Crippen MR) is 382 cm³/mol. The second-order valence-corrected chi connectivity index (χ2v) is 30.6. The molecule has 6 saturated heterocycles. The van der Waals surface area contributed by atoms with E-state index in [1.54, 1.807) is 119 Å². The van der Waals surface area contributed by atoms with E-state index in [4.69, 9.17) is 33.2 Å². The van der Waals surface area contributed by atoms with Crippen molar-refractivity contribution < 1.29 is 70.0 Å². The Balaban J connectivity index is 0.000000242. The van der Waals surface area contributed by atoms with E-state index in [0.717, 1.165) is 11.1 Å². The number of ether oxygens (including phenoxy) is 4. The number of likely N-dealkylation sites (tertiary alicyclic amines) is 4. The SMILES string of the molecule is [2H]N1C(c2ccc(NC(=O)C3CCCN3C(=O)OC(C)(C)C)c(N)c2)CCC1c1ccc(NC(=O)C2CCCN2C(=O)OC(C)(C)C)c(N)c1.[2H]N1C(c2ccc(NC(=O)C3CCCN3C(=O)OC(C)(C)C)c([N+](=O)[O-])c2)CCC1c1ccc(NC(=O)C2CCCN2C(=O)OC(C)(C)C)c([N+](=O)[O-])c1. The first kappa shape index (κ1) is 73.4. The number of rotatable bonds is 14. The van der Waals surface area contributed by atoms with E-state index < -0.39 is 105 Å². The summed E-state index contributed by atoms with van der Waals surface area (Å²) in [5, 5.41) is 38.1. The van der Waals surface area contributed by atoms with Crippen LogP contribution < -0.4 is 43.4 Å². The van der Waals surface area contributed by atoms with Crippen LogP contribution in [0.25, 0.3) is 0 Å². The van der Waals surface area contributed by atoms with Crippen LogP contribution in [0.1, 0.15) is 207 Å². The highest BCUT2D eigenvalue weighted by atomic mass is 16.6. The lowest BCUT2D eigenvalue weighted by Crippen LogP contribution is -2.45. The Hall–Kier alpha value is -9.84. The van der Waals surface area contributed by atoms with Crippen molar-refractivity contribution in [2.45, 2.75) is 231 Å². The third-order valence-electron chi connectivity index (χ3n) is 18.0. The average Bonchev–Trinajstić information content (AvgIpc) is 1.58. The Labute approximate surface area is 596 Å². The molecule has 4 aromatic carbocycles. The predicted octanol–water partition coefficient (Wildman–Crippen LogP) is 12.0. The Morgan fingerprint density at radius 1 is 0.402 bits per heavy atom. The van der Waals surface area contributed by atoms with Gasteiger partial charge in [-0.3, -0.25) is 59.0 Å². The summed E-state index contributed by atoms with van der Waals surface area (Å²) in [6.07, 6.45) is 4.23. The maximum absolute atomic E-state index is 13.3. The van der Waals surface area contributed by atoms with Crippen LogP contribution in [0.15, 0.2) is 72.8 Å². The van der Waals surface area contributed by atoms with Gasteiger partial charge in [-0.1, -0.05) is 24.3 Å². The molecule has 102 heavy (non-hydrogen) atoms. The van der Waals surface area contributed by atoms with Gasteiger partial charge in [0.1, 0.15) is 60.8 Å². The van der Waals surface area contributed by atoms with Gasteiger partial charge in [0, 0.05) is 62.5 Å². The highest BCUT2D eigenvalue weighted by Gasteiger charge is 2.42. The normalized spacial score (nSPS) is 22.7. The maximum atomic E-state index is 13.3. The topological polar surface area (TPSA) is 397 Å². The van der Waals surface area contributed by atoms with Crippen LogP contribution in [0, 0.1) is 20.2 Å². The minimum absolute atomic E-state index is 0.0593. The molecular formula is C72H98N14O16. The molecule has 6 heterocycles. The van der Waals surface area contributed by atoms with E-state index in [9.17, 15) is 58.6 Å². The second-order valence-electron chi connectivity index (χ2n) is 30.6. The molecule has 30 nitrogen and oxygen atoms in total. The molecule has 0 bridgehead atoms. The Kier molecular flexibility index (Phi) is 22.4. The van der Waals surface area contributed by atoms with E-state index >= 15 is 0 Å². The molecule has 10 rings (SSSR count). The first-order valence-corrected chi connectivity index (χ1v) is 34.8. The van der Waals surface area contributed by atoms with Crippen LogP contribution in [0.4, 0.5) is 64.7 Å². The van der Waals surface area contributed by atoms with Crippen LogP contribution in [-0.2, 0) is 38.1 Å². The standard InChI is InChI=1S/C36H47N7O10.C36H51N7O6/c1-35(2,3)52-33(46)40-17-7-9-27(40)31(44)38-25-13-11-21(19-29(25)42(48)49)23-15-16-24(37-23)22-12-14-26(30(20-22)43(50)51)39-32(45)28-10-8-18-41(28)34(47)53-36(4,5)6;1-35(2,3)48-33(46)42-17-7-9-29(42)31(44)40-27-13-11-21(19-23(27)37)25-15-16-26(39-25)22-12-14-28(24(38)20-22)41-32(45)30-10-8-18-43(30)34(47)49-36(4,5)6/h11-14,19-20,23-24,27-28,37H,7-10,15-18H2,1-6H3,(H,38,44)(H,39,45);11-14,19-20,25-26,29-30,39H,7-10,15-18,37-38H2,1-6H3,(H,40,44)(H,41,45)/i/hD2. The first-order valence-electron chi connectivity index (χ1n) is 35.7. The minimum atomic E-state index is -0.864. The van der Waals surface area contributed by atoms with Crippen molar-refractivity contribution in [1.82, 2.24) is 30.2 Å². The van der Waals surface area contributed by atoms with Gasteiger partial charge in [-0.15, -0.1) is 0 Å². The highest BCUT2D eigenvalue weighted by Crippen LogP contribution is 2.42. The number of nitrogens with one attached hydrogen (secondary N) is 6. The molecule has 0 radical (unpaired) electrons. The zero-order valence-electron chi connectivity index (χ0n) is 62.1. The third-order valence-corrected chi connectivity index (χ3v) is 18.0. The first-order chi connectivity index (χ1) is 48.6. The van der Waals surface area contributed by atoms with Crippen LogP contribution in [-0.4, -0.2) is 150 Å². The lowest BCUT2D eigenvalue weighted by molar-refractivity contribution is -0.384. The number of carbonyl (C=O) groups excluding carboxylic acids is 8. The van der Waals surface area contributed by atoms with Crippen molar-refractivity contribution in [3.63, 3.8) is 0 Å². The molecule has 8 atom stereocenters.